The summed E-state index contributed by atoms with van der Waals surface area (Å²) in [5.41, 5.74) is 0.687. The van der Waals surface area contributed by atoms with Crippen molar-refractivity contribution in [2.45, 2.75) is 12.8 Å². The molecule has 7 nitrogen and oxygen atoms in total. The van der Waals surface area contributed by atoms with Crippen molar-refractivity contribution in [2.75, 3.05) is 13.7 Å². The molecule has 0 saturated carbocycles. The van der Waals surface area contributed by atoms with Crippen LogP contribution in [0.5, 0.6) is 5.75 Å². The van der Waals surface area contributed by atoms with Crippen molar-refractivity contribution < 1.29 is 23.5 Å². The SMILES string of the molecule is COc1ccc(/C=C(\NC(=O)c2ccco2)C(=O)N2CCCC2=O)cc1. The minimum absolute atomic E-state index is 0.00631. The molecule has 1 aliphatic rings. The van der Waals surface area contributed by atoms with Crippen LogP contribution < -0.4 is 10.1 Å². The summed E-state index contributed by atoms with van der Waals surface area (Å²) in [6.45, 7) is 0.342. The van der Waals surface area contributed by atoms with Gasteiger partial charge >= 0.3 is 0 Å². The summed E-state index contributed by atoms with van der Waals surface area (Å²) in [4.78, 5) is 38.1. The van der Waals surface area contributed by atoms with Crippen LogP contribution in [0.1, 0.15) is 29.0 Å². The topological polar surface area (TPSA) is 88.8 Å². The second-order valence-corrected chi connectivity index (χ2v) is 5.72. The number of rotatable bonds is 5. The fourth-order valence-electron chi connectivity index (χ4n) is 2.62. The third-order valence-corrected chi connectivity index (χ3v) is 3.97. The number of nitrogens with zero attached hydrogens (tertiary/aromatic N) is 1. The maximum atomic E-state index is 12.8. The number of carbonyl (C=O) groups is 3. The highest BCUT2D eigenvalue weighted by Crippen LogP contribution is 2.17. The Morgan fingerprint density at radius 2 is 2.00 bits per heavy atom. The number of amides is 3. The van der Waals surface area contributed by atoms with Gasteiger partial charge in [-0.2, -0.15) is 0 Å². The lowest BCUT2D eigenvalue weighted by molar-refractivity contribution is -0.139. The first-order chi connectivity index (χ1) is 12.6. The minimum Gasteiger partial charge on any atom is -0.497 e. The Morgan fingerprint density at radius 3 is 2.58 bits per heavy atom. The average molecular weight is 354 g/mol. The molecule has 2 aromatic rings. The molecule has 2 heterocycles. The first-order valence-corrected chi connectivity index (χ1v) is 8.14. The van der Waals surface area contributed by atoms with Crippen molar-refractivity contribution in [3.63, 3.8) is 0 Å². The number of likely N-dealkylation sites (tertiary alicyclic amines) is 1. The van der Waals surface area contributed by atoms with E-state index < -0.39 is 11.8 Å². The van der Waals surface area contributed by atoms with Gasteiger partial charge < -0.3 is 14.5 Å². The van der Waals surface area contributed by atoms with Crippen LogP contribution in [0.15, 0.2) is 52.8 Å². The first kappa shape index (κ1) is 17.5. The lowest BCUT2D eigenvalue weighted by atomic mass is 10.1. The Morgan fingerprint density at radius 1 is 1.23 bits per heavy atom. The molecular weight excluding hydrogens is 336 g/mol. The van der Waals surface area contributed by atoms with Crippen molar-refractivity contribution >= 4 is 23.8 Å². The number of ether oxygens (including phenoxy) is 1. The van der Waals surface area contributed by atoms with E-state index in [9.17, 15) is 14.4 Å². The Bertz CT molecular complexity index is 837. The lowest BCUT2D eigenvalue weighted by Crippen LogP contribution is -2.39. The number of hydrogen-bond acceptors (Lipinski definition) is 5. The minimum atomic E-state index is -0.560. The van der Waals surface area contributed by atoms with Gasteiger partial charge in [0.1, 0.15) is 11.4 Å². The second-order valence-electron chi connectivity index (χ2n) is 5.72. The fraction of sp³-hybridized carbons (Fsp3) is 0.211. The maximum absolute atomic E-state index is 12.8. The largest absolute Gasteiger partial charge is 0.497 e. The van der Waals surface area contributed by atoms with Crippen molar-refractivity contribution in [2.24, 2.45) is 0 Å². The van der Waals surface area contributed by atoms with Gasteiger partial charge in [-0.25, -0.2) is 0 Å². The fourth-order valence-corrected chi connectivity index (χ4v) is 2.62. The lowest BCUT2D eigenvalue weighted by Gasteiger charge is -2.16. The van der Waals surface area contributed by atoms with E-state index in [1.807, 2.05) is 0 Å². The van der Waals surface area contributed by atoms with Gasteiger partial charge in [0.25, 0.3) is 11.8 Å². The Labute approximate surface area is 150 Å². The summed E-state index contributed by atoms with van der Waals surface area (Å²) in [5.74, 6) is -0.601. The number of benzene rings is 1. The van der Waals surface area contributed by atoms with E-state index >= 15 is 0 Å². The molecule has 0 spiro atoms. The van der Waals surface area contributed by atoms with Crippen LogP contribution in [0.4, 0.5) is 0 Å². The molecule has 26 heavy (non-hydrogen) atoms. The molecule has 0 unspecified atom stereocenters. The molecule has 134 valence electrons. The van der Waals surface area contributed by atoms with E-state index in [-0.39, 0.29) is 17.4 Å². The summed E-state index contributed by atoms with van der Waals surface area (Å²) in [5, 5.41) is 2.55. The van der Waals surface area contributed by atoms with E-state index in [2.05, 4.69) is 5.32 Å². The van der Waals surface area contributed by atoms with Crippen LogP contribution in [-0.2, 0) is 9.59 Å². The number of furan rings is 1. The zero-order valence-electron chi connectivity index (χ0n) is 14.2. The number of imide groups is 1. The maximum Gasteiger partial charge on any atom is 0.291 e. The highest BCUT2D eigenvalue weighted by Gasteiger charge is 2.29. The number of methoxy groups -OCH3 is 1. The van der Waals surface area contributed by atoms with Crippen LogP contribution in [0.2, 0.25) is 0 Å². The molecule has 1 aromatic carbocycles. The molecule has 0 atom stereocenters. The standard InChI is InChI=1S/C19H18N2O5/c1-25-14-8-6-13(7-9-14)12-15(19(24)21-10-2-5-17(21)22)20-18(23)16-4-3-11-26-16/h3-4,6-9,11-12H,2,5,10H2,1H3,(H,20,23)/b15-12-. The van der Waals surface area contributed by atoms with E-state index in [0.717, 1.165) is 4.90 Å². The summed E-state index contributed by atoms with van der Waals surface area (Å²) in [6, 6.07) is 10.0. The Balaban J connectivity index is 1.89. The Kier molecular flexibility index (Phi) is 5.17. The smallest absolute Gasteiger partial charge is 0.291 e. The highest BCUT2D eigenvalue weighted by atomic mass is 16.5. The molecule has 0 aliphatic carbocycles. The van der Waals surface area contributed by atoms with Crippen molar-refractivity contribution in [1.82, 2.24) is 10.2 Å². The van der Waals surface area contributed by atoms with Gasteiger partial charge in [-0.05, 0) is 42.3 Å². The van der Waals surface area contributed by atoms with Gasteiger partial charge in [-0.15, -0.1) is 0 Å². The molecule has 1 aromatic heterocycles. The van der Waals surface area contributed by atoms with Gasteiger partial charge in [-0.3, -0.25) is 19.3 Å². The molecule has 0 bridgehead atoms. The van der Waals surface area contributed by atoms with Gasteiger partial charge in [0, 0.05) is 13.0 Å². The zero-order valence-corrected chi connectivity index (χ0v) is 14.2. The van der Waals surface area contributed by atoms with E-state index in [0.29, 0.717) is 30.7 Å². The number of carbonyl (C=O) groups excluding carboxylic acids is 3. The Hall–Kier alpha value is -3.35. The molecule has 1 saturated heterocycles. The normalized spacial score (nSPS) is 14.4. The summed E-state index contributed by atoms with van der Waals surface area (Å²) in [7, 11) is 1.56. The van der Waals surface area contributed by atoms with Crippen molar-refractivity contribution in [3.8, 4) is 5.75 Å². The summed E-state index contributed by atoms with van der Waals surface area (Å²) >= 11 is 0. The van der Waals surface area contributed by atoms with Gasteiger partial charge in [-0.1, -0.05) is 12.1 Å². The molecule has 1 aliphatic heterocycles. The van der Waals surface area contributed by atoms with Crippen molar-refractivity contribution in [3.05, 3.63) is 59.7 Å². The third kappa shape index (κ3) is 3.83. The van der Waals surface area contributed by atoms with E-state index in [1.165, 1.54) is 18.4 Å². The monoisotopic (exact) mass is 354 g/mol. The first-order valence-electron chi connectivity index (χ1n) is 8.14. The number of nitrogens with one attached hydrogen (secondary N) is 1. The predicted molar refractivity (Wildman–Crippen MR) is 93.1 cm³/mol. The van der Waals surface area contributed by atoms with E-state index in [1.54, 1.807) is 37.4 Å². The van der Waals surface area contributed by atoms with Crippen LogP contribution in [0.3, 0.4) is 0 Å². The van der Waals surface area contributed by atoms with Crippen LogP contribution in [0.25, 0.3) is 6.08 Å². The summed E-state index contributed by atoms with van der Waals surface area (Å²) in [6.07, 6.45) is 3.84. The summed E-state index contributed by atoms with van der Waals surface area (Å²) < 4.78 is 10.2. The molecule has 3 rings (SSSR count). The number of hydrogen-bond donors (Lipinski definition) is 1. The van der Waals surface area contributed by atoms with Crippen LogP contribution >= 0.6 is 0 Å². The zero-order chi connectivity index (χ0) is 18.5. The average Bonchev–Trinajstić information content (AvgIpc) is 3.33. The predicted octanol–water partition coefficient (Wildman–Crippen LogP) is 2.21. The van der Waals surface area contributed by atoms with E-state index in [4.69, 9.17) is 9.15 Å². The molecule has 7 heteroatoms. The quantitative estimate of drug-likeness (QED) is 0.832. The van der Waals surface area contributed by atoms with Crippen LogP contribution in [0, 0.1) is 0 Å². The van der Waals surface area contributed by atoms with Gasteiger partial charge in [0.15, 0.2) is 5.76 Å². The highest BCUT2D eigenvalue weighted by molar-refractivity contribution is 6.10. The van der Waals surface area contributed by atoms with Crippen molar-refractivity contribution in [1.29, 1.82) is 0 Å². The molecular formula is C19H18N2O5. The van der Waals surface area contributed by atoms with Crippen LogP contribution in [-0.4, -0.2) is 36.3 Å². The molecule has 1 N–H and O–H groups in total. The molecule has 1 fully saturated rings. The van der Waals surface area contributed by atoms with Gasteiger partial charge in [0.05, 0.1) is 13.4 Å². The third-order valence-electron chi connectivity index (χ3n) is 3.97. The molecule has 0 radical (unpaired) electrons. The second kappa shape index (κ2) is 7.69. The molecule has 3 amide bonds. The van der Waals surface area contributed by atoms with Gasteiger partial charge in [0.2, 0.25) is 5.91 Å².